The highest BCUT2D eigenvalue weighted by Gasteiger charge is 2.21. The first-order chi connectivity index (χ1) is 17.2. The summed E-state index contributed by atoms with van der Waals surface area (Å²) in [7, 11) is -4.22. The van der Waals surface area contributed by atoms with E-state index < -0.39 is 27.8 Å². The number of carbonyl (C=O) groups is 4. The van der Waals surface area contributed by atoms with Crippen LogP contribution in [0.25, 0.3) is 0 Å². The maximum absolute atomic E-state index is 12.6. The molecule has 192 valence electrons. The van der Waals surface area contributed by atoms with Crippen molar-refractivity contribution in [2.45, 2.75) is 50.0 Å². The van der Waals surface area contributed by atoms with Crippen molar-refractivity contribution in [3.05, 3.63) is 59.4 Å². The van der Waals surface area contributed by atoms with Gasteiger partial charge in [0.2, 0.25) is 0 Å². The number of rotatable bonds is 9. The van der Waals surface area contributed by atoms with Crippen molar-refractivity contribution in [2.75, 3.05) is 13.2 Å². The maximum Gasteiger partial charge on any atom is 0.325 e. The zero-order valence-corrected chi connectivity index (χ0v) is 20.6. The van der Waals surface area contributed by atoms with E-state index in [9.17, 15) is 27.6 Å². The lowest BCUT2D eigenvalue weighted by atomic mass is 9.95. The van der Waals surface area contributed by atoms with Crippen LogP contribution in [0.3, 0.4) is 0 Å². The van der Waals surface area contributed by atoms with Crippen LogP contribution in [0.2, 0.25) is 0 Å². The summed E-state index contributed by atoms with van der Waals surface area (Å²) in [5, 5.41) is 5.29. The number of nitrogens with zero attached hydrogens (tertiary/aromatic N) is 1. The number of carbonyl (C=O) groups excluding carboxylic acids is 4. The molecule has 0 bridgehead atoms. The molecule has 1 heterocycles. The van der Waals surface area contributed by atoms with E-state index in [-0.39, 0.29) is 41.3 Å². The van der Waals surface area contributed by atoms with Crippen LogP contribution in [0.5, 0.6) is 0 Å². The Bertz CT molecular complexity index is 1210. The lowest BCUT2D eigenvalue weighted by Gasteiger charge is -2.22. The molecule has 1 aliphatic carbocycles. The molecule has 1 saturated carbocycles. The molecule has 2 aromatic rings. The second-order valence-electron chi connectivity index (χ2n) is 8.19. The Balaban J connectivity index is 1.58. The van der Waals surface area contributed by atoms with Gasteiger partial charge in [-0.1, -0.05) is 19.3 Å². The Morgan fingerprint density at radius 3 is 2.19 bits per heavy atom. The molecule has 1 aliphatic rings. The molecule has 3 rings (SSSR count). The summed E-state index contributed by atoms with van der Waals surface area (Å²) in [5.41, 5.74) is 0.164. The average Bonchev–Trinajstić information content (AvgIpc) is 2.88. The Kier molecular flexibility index (Phi) is 9.12. The highest BCUT2D eigenvalue weighted by atomic mass is 32.2. The monoisotopic (exact) mass is 516 g/mol. The van der Waals surface area contributed by atoms with Crippen LogP contribution in [0, 0.1) is 0 Å². The Labute approximate surface area is 209 Å². The third-order valence-corrected chi connectivity index (χ3v) is 6.90. The van der Waals surface area contributed by atoms with E-state index in [1.54, 1.807) is 6.92 Å². The fraction of sp³-hybridized carbons (Fsp3) is 0.375. The zero-order valence-electron chi connectivity index (χ0n) is 19.8. The van der Waals surface area contributed by atoms with Gasteiger partial charge in [-0.15, -0.1) is 0 Å². The predicted molar refractivity (Wildman–Crippen MR) is 129 cm³/mol. The molecule has 36 heavy (non-hydrogen) atoms. The molecule has 3 N–H and O–H groups in total. The van der Waals surface area contributed by atoms with Crippen LogP contribution in [0.4, 0.5) is 0 Å². The Morgan fingerprint density at radius 1 is 0.917 bits per heavy atom. The third-order valence-electron chi connectivity index (χ3n) is 5.55. The molecule has 1 fully saturated rings. The van der Waals surface area contributed by atoms with Gasteiger partial charge < -0.3 is 15.4 Å². The standard InChI is InChI=1S/C24H28N4O7S/c1-2-35-21(29)15-26-24(32)20-13-10-17(14-25-20)23(31)28-36(33,34)19-11-8-16(9-12-19)22(30)27-18-6-4-3-5-7-18/h8-14,18H,2-7,15H2,1H3,(H,26,32)(H,27,30)(H,28,31). The van der Waals surface area contributed by atoms with E-state index in [1.807, 2.05) is 4.72 Å². The van der Waals surface area contributed by atoms with Gasteiger partial charge >= 0.3 is 5.97 Å². The summed E-state index contributed by atoms with van der Waals surface area (Å²) in [5.74, 6) is -2.48. The number of amides is 3. The third kappa shape index (κ3) is 7.35. The van der Waals surface area contributed by atoms with Gasteiger partial charge in [-0.05, 0) is 56.2 Å². The van der Waals surface area contributed by atoms with Gasteiger partial charge in [-0.3, -0.25) is 24.2 Å². The number of esters is 1. The fourth-order valence-electron chi connectivity index (χ4n) is 3.66. The largest absolute Gasteiger partial charge is 0.465 e. The molecule has 0 spiro atoms. The minimum atomic E-state index is -4.22. The van der Waals surface area contributed by atoms with E-state index in [0.717, 1.165) is 38.3 Å². The second-order valence-corrected chi connectivity index (χ2v) is 9.87. The molecule has 0 unspecified atom stereocenters. The van der Waals surface area contributed by atoms with Gasteiger partial charge in [-0.2, -0.15) is 0 Å². The lowest BCUT2D eigenvalue weighted by Crippen LogP contribution is -2.36. The van der Waals surface area contributed by atoms with Gasteiger partial charge in [0, 0.05) is 17.8 Å². The molecule has 0 saturated heterocycles. The van der Waals surface area contributed by atoms with Crippen molar-refractivity contribution >= 4 is 33.7 Å². The Morgan fingerprint density at radius 2 is 1.58 bits per heavy atom. The van der Waals surface area contributed by atoms with Crippen molar-refractivity contribution in [1.82, 2.24) is 20.3 Å². The molecule has 1 aromatic heterocycles. The van der Waals surface area contributed by atoms with E-state index in [1.165, 1.54) is 36.4 Å². The smallest absolute Gasteiger partial charge is 0.325 e. The minimum absolute atomic E-state index is 0.0687. The first-order valence-corrected chi connectivity index (χ1v) is 13.1. The number of hydrogen-bond acceptors (Lipinski definition) is 8. The average molecular weight is 517 g/mol. The van der Waals surface area contributed by atoms with Crippen LogP contribution in [-0.4, -0.2) is 56.3 Å². The van der Waals surface area contributed by atoms with Gasteiger partial charge in [0.15, 0.2) is 0 Å². The van der Waals surface area contributed by atoms with Gasteiger partial charge in [0.1, 0.15) is 12.2 Å². The molecular formula is C24H28N4O7S. The Hall–Kier alpha value is -3.80. The summed E-state index contributed by atoms with van der Waals surface area (Å²) in [6, 6.07) is 7.86. The van der Waals surface area contributed by atoms with Crippen LogP contribution < -0.4 is 15.4 Å². The predicted octanol–water partition coefficient (Wildman–Crippen LogP) is 1.56. The number of sulfonamides is 1. The van der Waals surface area contributed by atoms with E-state index >= 15 is 0 Å². The van der Waals surface area contributed by atoms with Crippen LogP contribution in [0.1, 0.15) is 70.2 Å². The van der Waals surface area contributed by atoms with Gasteiger partial charge in [0.05, 0.1) is 17.1 Å². The number of pyridine rings is 1. The van der Waals surface area contributed by atoms with E-state index in [4.69, 9.17) is 4.74 Å². The quantitative estimate of drug-likeness (QED) is 0.423. The molecule has 0 aliphatic heterocycles. The van der Waals surface area contributed by atoms with Gasteiger partial charge in [-0.25, -0.2) is 13.1 Å². The van der Waals surface area contributed by atoms with Crippen molar-refractivity contribution in [1.29, 1.82) is 0 Å². The highest BCUT2D eigenvalue weighted by Crippen LogP contribution is 2.18. The summed E-state index contributed by atoms with van der Waals surface area (Å²) in [6.07, 6.45) is 6.21. The van der Waals surface area contributed by atoms with Gasteiger partial charge in [0.25, 0.3) is 27.7 Å². The fourth-order valence-corrected chi connectivity index (χ4v) is 4.63. The van der Waals surface area contributed by atoms with E-state index in [2.05, 4.69) is 15.6 Å². The van der Waals surface area contributed by atoms with E-state index in [0.29, 0.717) is 5.56 Å². The van der Waals surface area contributed by atoms with Crippen molar-refractivity contribution < 1.29 is 32.3 Å². The lowest BCUT2D eigenvalue weighted by molar-refractivity contribution is -0.141. The van der Waals surface area contributed by atoms with Crippen molar-refractivity contribution in [3.8, 4) is 0 Å². The summed E-state index contributed by atoms with van der Waals surface area (Å²) in [6.45, 7) is 1.48. The summed E-state index contributed by atoms with van der Waals surface area (Å²) < 4.78 is 31.9. The van der Waals surface area contributed by atoms with Crippen molar-refractivity contribution in [3.63, 3.8) is 0 Å². The first-order valence-electron chi connectivity index (χ1n) is 11.6. The van der Waals surface area contributed by atoms with Crippen LogP contribution in [0.15, 0.2) is 47.5 Å². The van der Waals surface area contributed by atoms with Crippen LogP contribution >= 0.6 is 0 Å². The number of aromatic nitrogens is 1. The first kappa shape index (κ1) is 26.8. The number of ether oxygens (including phenoxy) is 1. The van der Waals surface area contributed by atoms with Crippen LogP contribution in [-0.2, 0) is 19.6 Å². The summed E-state index contributed by atoms with van der Waals surface area (Å²) >= 11 is 0. The van der Waals surface area contributed by atoms with Crippen molar-refractivity contribution in [2.24, 2.45) is 0 Å². The zero-order chi connectivity index (χ0) is 26.1. The molecule has 3 amide bonds. The number of nitrogens with one attached hydrogen (secondary N) is 3. The summed E-state index contributed by atoms with van der Waals surface area (Å²) in [4.78, 5) is 51.9. The highest BCUT2D eigenvalue weighted by molar-refractivity contribution is 7.90. The number of hydrogen-bond donors (Lipinski definition) is 3. The molecular weight excluding hydrogens is 488 g/mol. The normalized spacial score (nSPS) is 13.9. The second kappa shape index (κ2) is 12.2. The maximum atomic E-state index is 12.6. The number of benzene rings is 1. The SMILES string of the molecule is CCOC(=O)CNC(=O)c1ccc(C(=O)NS(=O)(=O)c2ccc(C(=O)NC3CCCCC3)cc2)cn1. The molecule has 1 aromatic carbocycles. The molecule has 0 atom stereocenters. The molecule has 11 nitrogen and oxygen atoms in total. The topological polar surface area (TPSA) is 161 Å². The minimum Gasteiger partial charge on any atom is -0.465 e. The molecule has 0 radical (unpaired) electrons. The molecule has 12 heteroatoms.